The van der Waals surface area contributed by atoms with Gasteiger partial charge in [0.15, 0.2) is 0 Å². The molecule has 2 saturated carbocycles. The van der Waals surface area contributed by atoms with Gasteiger partial charge in [-0.25, -0.2) is 0 Å². The first-order valence-corrected chi connectivity index (χ1v) is 4.61. The van der Waals surface area contributed by atoms with Gasteiger partial charge in [0.1, 0.15) is 0 Å². The van der Waals surface area contributed by atoms with Gasteiger partial charge in [-0.1, -0.05) is 12.8 Å². The van der Waals surface area contributed by atoms with Crippen molar-refractivity contribution >= 4 is 0 Å². The molecule has 0 aromatic carbocycles. The summed E-state index contributed by atoms with van der Waals surface area (Å²) in [6.45, 7) is 6.40. The molecule has 0 spiro atoms. The minimum absolute atomic E-state index is 0. The number of ether oxygens (including phenoxy) is 2. The fourth-order valence-corrected chi connectivity index (χ4v) is 2.90. The summed E-state index contributed by atoms with van der Waals surface area (Å²) in [6, 6.07) is 0. The van der Waals surface area contributed by atoms with Crippen LogP contribution in [0.5, 0.6) is 0 Å². The maximum Gasteiger partial charge on any atom is 2.00 e. The van der Waals surface area contributed by atoms with Crippen molar-refractivity contribution in [1.29, 1.82) is 0 Å². The summed E-state index contributed by atoms with van der Waals surface area (Å²) >= 11 is 0. The zero-order valence-electron chi connectivity index (χ0n) is 9.49. The van der Waals surface area contributed by atoms with Crippen LogP contribution < -0.4 is 0 Å². The summed E-state index contributed by atoms with van der Waals surface area (Å²) in [7, 11) is 3.57. The Bertz CT molecular complexity index is 186. The Morgan fingerprint density at radius 1 is 1.00 bits per heavy atom. The summed E-state index contributed by atoms with van der Waals surface area (Å²) in [5, 5.41) is 0. The van der Waals surface area contributed by atoms with E-state index in [0.717, 1.165) is 0 Å². The third-order valence-corrected chi connectivity index (χ3v) is 3.69. The molecule has 0 aliphatic heterocycles. The van der Waals surface area contributed by atoms with E-state index in [2.05, 4.69) is 13.8 Å². The fraction of sp³-hybridized carbons (Fsp3) is 0.818. The molecule has 0 heterocycles. The second kappa shape index (κ2) is 5.35. The van der Waals surface area contributed by atoms with E-state index in [1.807, 2.05) is 0 Å². The molecule has 80 valence electrons. The summed E-state index contributed by atoms with van der Waals surface area (Å²) in [5.41, 5.74) is 0. The third-order valence-electron chi connectivity index (χ3n) is 3.69. The van der Waals surface area contributed by atoms with Crippen molar-refractivity contribution in [3.05, 3.63) is 14.4 Å². The minimum Gasteiger partial charge on any atom is -0.383 e. The monoisotopic (exact) mass is 422 g/mol. The molecule has 2 aliphatic rings. The summed E-state index contributed by atoms with van der Waals surface area (Å²) in [6.07, 6.45) is 0.776. The van der Waals surface area contributed by atoms with E-state index in [0.29, 0.717) is 35.9 Å². The van der Waals surface area contributed by atoms with Gasteiger partial charge in [-0.05, 0) is 5.92 Å². The standard InChI is InChI=1S/C10H17O2.CH3.U/c1-5-6(2)9(11-3)8-7(5)10(8)12-4;;/h5-10H,2H2,1,3-4H3;1H3;/q2*-1;+2/t5-,6?,7?,8?,9?,10+;;/m1../s1. The maximum atomic E-state index is 5.44. The molecule has 2 aliphatic carbocycles. The Balaban J connectivity index is 0.000000845. The smallest absolute Gasteiger partial charge is 0.383 e. The van der Waals surface area contributed by atoms with Crippen molar-refractivity contribution in [2.45, 2.75) is 19.1 Å². The van der Waals surface area contributed by atoms with Gasteiger partial charge in [0.25, 0.3) is 0 Å². The van der Waals surface area contributed by atoms with Crippen molar-refractivity contribution in [3.63, 3.8) is 0 Å². The summed E-state index contributed by atoms with van der Waals surface area (Å²) in [5.74, 6) is 2.45. The molecule has 4 unspecified atom stereocenters. The topological polar surface area (TPSA) is 18.5 Å². The molecular weight excluding hydrogens is 402 g/mol. The largest absolute Gasteiger partial charge is 2.00 e. The fourth-order valence-electron chi connectivity index (χ4n) is 2.90. The predicted octanol–water partition coefficient (Wildman–Crippen LogP) is 1.81. The minimum atomic E-state index is 0. The van der Waals surface area contributed by atoms with Gasteiger partial charge in [0.2, 0.25) is 0 Å². The van der Waals surface area contributed by atoms with E-state index < -0.39 is 0 Å². The molecule has 0 saturated heterocycles. The zero-order valence-corrected chi connectivity index (χ0v) is 13.7. The number of fused-ring (bicyclic) bond motifs is 1. The van der Waals surface area contributed by atoms with Gasteiger partial charge in [0.05, 0.1) is 6.10 Å². The summed E-state index contributed by atoms with van der Waals surface area (Å²) in [4.78, 5) is 0. The molecule has 3 heteroatoms. The van der Waals surface area contributed by atoms with Crippen molar-refractivity contribution in [3.8, 4) is 0 Å². The molecule has 0 N–H and O–H groups in total. The third kappa shape index (κ3) is 1.94. The van der Waals surface area contributed by atoms with E-state index in [1.165, 1.54) is 0 Å². The second-order valence-electron chi connectivity index (χ2n) is 4.08. The van der Waals surface area contributed by atoms with Crippen LogP contribution in [0.3, 0.4) is 0 Å². The van der Waals surface area contributed by atoms with Crippen molar-refractivity contribution < 1.29 is 40.6 Å². The molecule has 0 radical (unpaired) electrons. The molecular formula is C11H20O2U. The van der Waals surface area contributed by atoms with Crippen molar-refractivity contribution in [1.82, 2.24) is 0 Å². The molecule has 2 rings (SSSR count). The Morgan fingerprint density at radius 2 is 1.50 bits per heavy atom. The molecule has 0 bridgehead atoms. The van der Waals surface area contributed by atoms with Crippen LogP contribution in [0.1, 0.15) is 6.92 Å². The Morgan fingerprint density at radius 3 is 1.93 bits per heavy atom. The Hall–Kier alpha value is 0.972. The summed E-state index contributed by atoms with van der Waals surface area (Å²) < 4.78 is 10.8. The molecule has 2 fully saturated rings. The second-order valence-corrected chi connectivity index (χ2v) is 4.08. The van der Waals surface area contributed by atoms with Gasteiger partial charge >= 0.3 is 31.1 Å². The first-order chi connectivity index (χ1) is 5.72. The van der Waals surface area contributed by atoms with Gasteiger partial charge in [0, 0.05) is 26.2 Å². The van der Waals surface area contributed by atoms with Crippen LogP contribution in [0, 0.1) is 69.1 Å². The van der Waals surface area contributed by atoms with Crippen LogP contribution in [-0.2, 0) is 9.47 Å². The molecule has 2 nitrogen and oxygen atoms in total. The van der Waals surface area contributed by atoms with Crippen LogP contribution in [0.15, 0.2) is 0 Å². The van der Waals surface area contributed by atoms with Crippen LogP contribution in [0.25, 0.3) is 0 Å². The van der Waals surface area contributed by atoms with Crippen molar-refractivity contribution in [2.24, 2.45) is 23.7 Å². The van der Waals surface area contributed by atoms with E-state index in [1.54, 1.807) is 14.2 Å². The molecule has 0 aromatic rings. The van der Waals surface area contributed by atoms with E-state index >= 15 is 0 Å². The number of rotatable bonds is 2. The Kier molecular flexibility index (Phi) is 5.72. The van der Waals surface area contributed by atoms with Crippen molar-refractivity contribution in [2.75, 3.05) is 14.2 Å². The molecule has 0 aromatic heterocycles. The number of hydrogen-bond donors (Lipinski definition) is 0. The van der Waals surface area contributed by atoms with Gasteiger partial charge in [-0.3, -0.25) is 0 Å². The van der Waals surface area contributed by atoms with Crippen LogP contribution in [0.4, 0.5) is 0 Å². The number of methoxy groups -OCH3 is 2. The van der Waals surface area contributed by atoms with E-state index in [4.69, 9.17) is 9.47 Å². The van der Waals surface area contributed by atoms with Crippen LogP contribution in [-0.4, -0.2) is 26.4 Å². The van der Waals surface area contributed by atoms with Gasteiger partial charge in [-0.2, -0.15) is 0 Å². The first kappa shape index (κ1) is 15.0. The number of hydrogen-bond acceptors (Lipinski definition) is 2. The van der Waals surface area contributed by atoms with Crippen LogP contribution in [0.2, 0.25) is 0 Å². The van der Waals surface area contributed by atoms with Gasteiger partial charge < -0.3 is 23.8 Å². The Labute approximate surface area is 111 Å². The molecule has 6 atom stereocenters. The predicted molar refractivity (Wildman–Crippen MR) is 53.0 cm³/mol. The normalized spacial score (nSPS) is 48.9. The first-order valence-electron chi connectivity index (χ1n) is 4.61. The quantitative estimate of drug-likeness (QED) is 0.633. The maximum absolute atomic E-state index is 5.44. The SMILES string of the molecule is [CH2-]C1C(OC)C2C([C@@H]1C)[C@@H]2OC.[CH3-].[U+2]. The average Bonchev–Trinajstić information content (AvgIpc) is 2.72. The average molecular weight is 422 g/mol. The zero-order chi connectivity index (χ0) is 8.88. The molecule has 0 amide bonds. The van der Waals surface area contributed by atoms with E-state index in [9.17, 15) is 0 Å². The van der Waals surface area contributed by atoms with E-state index in [-0.39, 0.29) is 38.5 Å². The molecule has 14 heavy (non-hydrogen) atoms. The van der Waals surface area contributed by atoms with Gasteiger partial charge in [-0.15, -0.1) is 5.92 Å². The van der Waals surface area contributed by atoms with Crippen LogP contribution >= 0.6 is 0 Å².